The summed E-state index contributed by atoms with van der Waals surface area (Å²) in [6, 6.07) is 8.24. The van der Waals surface area contributed by atoms with Crippen molar-refractivity contribution >= 4 is 22.0 Å². The van der Waals surface area contributed by atoms with E-state index < -0.39 is 0 Å². The highest BCUT2D eigenvalue weighted by molar-refractivity contribution is 9.11. The fraction of sp³-hybridized carbons (Fsp3) is 0.409. The molecule has 0 aliphatic rings. The molecule has 2 aromatic rings. The normalized spacial score (nSPS) is 13.0. The summed E-state index contributed by atoms with van der Waals surface area (Å²) in [5, 5.41) is 0. The van der Waals surface area contributed by atoms with Crippen LogP contribution in [0.15, 0.2) is 45.9 Å². The van der Waals surface area contributed by atoms with E-state index in [4.69, 9.17) is 4.74 Å². The lowest BCUT2D eigenvalue weighted by Crippen LogP contribution is -2.15. The Morgan fingerprint density at radius 3 is 2.69 bits per heavy atom. The monoisotopic (exact) mass is 417 g/mol. The van der Waals surface area contributed by atoms with Crippen molar-refractivity contribution < 1.29 is 4.74 Å². The maximum atomic E-state index is 13.0. The number of aromatic nitrogens is 1. The van der Waals surface area contributed by atoms with Gasteiger partial charge in [-0.15, -0.1) is 0 Å². The quantitative estimate of drug-likeness (QED) is 0.562. The Hall–Kier alpha value is -1.65. The standard InChI is InChI=1S/C22H28BrNO2/c1-5-19(23)13-18-14-24(4)15-21(22(18)25)17-10-8-9-16(11-17)12-20(6-2)26-7-3/h8-11,13-15,20H,5-7,12H2,1-4H3. The van der Waals surface area contributed by atoms with E-state index in [1.54, 1.807) is 0 Å². The Bertz CT molecular complexity index is 823. The molecule has 2 rings (SSSR count). The molecule has 0 saturated heterocycles. The molecule has 0 bridgehead atoms. The van der Waals surface area contributed by atoms with Gasteiger partial charge in [-0.05, 0) is 47.9 Å². The Balaban J connectivity index is 2.43. The highest BCUT2D eigenvalue weighted by Crippen LogP contribution is 2.21. The first-order valence-corrected chi connectivity index (χ1v) is 10.0. The number of pyridine rings is 1. The number of ether oxygens (including phenoxy) is 1. The molecule has 4 heteroatoms. The minimum atomic E-state index is 0.0579. The van der Waals surface area contributed by atoms with Gasteiger partial charge < -0.3 is 9.30 Å². The molecule has 0 saturated carbocycles. The lowest BCUT2D eigenvalue weighted by atomic mass is 9.99. The van der Waals surface area contributed by atoms with E-state index in [9.17, 15) is 4.79 Å². The summed E-state index contributed by atoms with van der Waals surface area (Å²) < 4.78 is 8.74. The van der Waals surface area contributed by atoms with Gasteiger partial charge in [-0.25, -0.2) is 0 Å². The van der Waals surface area contributed by atoms with E-state index in [1.165, 1.54) is 5.56 Å². The Labute approximate surface area is 164 Å². The third-order valence-corrected chi connectivity index (χ3v) is 5.18. The average molecular weight is 418 g/mol. The van der Waals surface area contributed by atoms with Crippen molar-refractivity contribution in [3.63, 3.8) is 0 Å². The fourth-order valence-electron chi connectivity index (χ4n) is 3.00. The van der Waals surface area contributed by atoms with Crippen LogP contribution in [0.3, 0.4) is 0 Å². The lowest BCUT2D eigenvalue weighted by molar-refractivity contribution is 0.0607. The lowest BCUT2D eigenvalue weighted by Gasteiger charge is -2.15. The summed E-state index contributed by atoms with van der Waals surface area (Å²) in [7, 11) is 1.95. The minimum Gasteiger partial charge on any atom is -0.378 e. The minimum absolute atomic E-state index is 0.0579. The Morgan fingerprint density at radius 1 is 1.27 bits per heavy atom. The van der Waals surface area contributed by atoms with Gasteiger partial charge in [-0.2, -0.15) is 0 Å². The van der Waals surface area contributed by atoms with Gasteiger partial charge in [0.25, 0.3) is 0 Å². The van der Waals surface area contributed by atoms with Crippen molar-refractivity contribution in [1.82, 2.24) is 4.57 Å². The molecule has 0 N–H and O–H groups in total. The molecule has 1 heterocycles. The maximum Gasteiger partial charge on any atom is 0.196 e. The van der Waals surface area contributed by atoms with Crippen LogP contribution in [0.25, 0.3) is 17.2 Å². The molecule has 1 aromatic carbocycles. The van der Waals surface area contributed by atoms with Crippen molar-refractivity contribution in [2.24, 2.45) is 7.05 Å². The van der Waals surface area contributed by atoms with Crippen molar-refractivity contribution in [2.45, 2.75) is 46.1 Å². The van der Waals surface area contributed by atoms with Crippen LogP contribution < -0.4 is 5.43 Å². The molecule has 26 heavy (non-hydrogen) atoms. The van der Waals surface area contributed by atoms with Gasteiger partial charge in [-0.1, -0.05) is 54.0 Å². The largest absolute Gasteiger partial charge is 0.378 e. The third-order valence-electron chi connectivity index (χ3n) is 4.39. The Kier molecular flexibility index (Phi) is 7.85. The molecule has 1 atom stereocenters. The zero-order valence-electron chi connectivity index (χ0n) is 16.1. The molecule has 0 aliphatic heterocycles. The molecular weight excluding hydrogens is 390 g/mol. The number of hydrogen-bond donors (Lipinski definition) is 0. The van der Waals surface area contributed by atoms with Gasteiger partial charge in [0.2, 0.25) is 0 Å². The summed E-state index contributed by atoms with van der Waals surface area (Å²) in [5.74, 6) is 0. The second-order valence-corrected chi connectivity index (χ2v) is 7.48. The smallest absolute Gasteiger partial charge is 0.196 e. The molecule has 0 fully saturated rings. The highest BCUT2D eigenvalue weighted by Gasteiger charge is 2.11. The van der Waals surface area contributed by atoms with Crippen LogP contribution in [0.5, 0.6) is 0 Å². The molecule has 0 radical (unpaired) electrons. The molecule has 1 unspecified atom stereocenters. The van der Waals surface area contributed by atoms with Crippen LogP contribution in [0, 0.1) is 0 Å². The molecule has 3 nitrogen and oxygen atoms in total. The van der Waals surface area contributed by atoms with E-state index in [1.807, 2.05) is 49.1 Å². The first-order valence-electron chi connectivity index (χ1n) is 9.25. The molecule has 0 aliphatic carbocycles. The summed E-state index contributed by atoms with van der Waals surface area (Å²) in [6.07, 6.45) is 8.60. The van der Waals surface area contributed by atoms with Crippen molar-refractivity contribution in [1.29, 1.82) is 0 Å². The third kappa shape index (κ3) is 5.42. The van der Waals surface area contributed by atoms with Crippen molar-refractivity contribution in [3.8, 4) is 11.1 Å². The first-order chi connectivity index (χ1) is 12.5. The van der Waals surface area contributed by atoms with Crippen LogP contribution in [0.2, 0.25) is 0 Å². The highest BCUT2D eigenvalue weighted by atomic mass is 79.9. The van der Waals surface area contributed by atoms with Crippen LogP contribution in [-0.2, 0) is 18.2 Å². The molecular formula is C22H28BrNO2. The van der Waals surface area contributed by atoms with Crippen molar-refractivity contribution in [3.05, 3.63) is 62.5 Å². The van der Waals surface area contributed by atoms with E-state index >= 15 is 0 Å². The molecule has 0 amide bonds. The van der Waals surface area contributed by atoms with Crippen molar-refractivity contribution in [2.75, 3.05) is 6.61 Å². The average Bonchev–Trinajstić information content (AvgIpc) is 2.64. The fourth-order valence-corrected chi connectivity index (χ4v) is 3.24. The topological polar surface area (TPSA) is 31.2 Å². The molecule has 0 spiro atoms. The zero-order valence-corrected chi connectivity index (χ0v) is 17.7. The second kappa shape index (κ2) is 9.89. The number of benzene rings is 1. The number of halogens is 1. The van der Waals surface area contributed by atoms with Crippen LogP contribution in [-0.4, -0.2) is 17.3 Å². The Morgan fingerprint density at radius 2 is 2.04 bits per heavy atom. The predicted octanol–water partition coefficient (Wildman–Crippen LogP) is 5.56. The van der Waals surface area contributed by atoms with E-state index in [-0.39, 0.29) is 11.5 Å². The van der Waals surface area contributed by atoms with E-state index in [0.29, 0.717) is 5.56 Å². The van der Waals surface area contributed by atoms with Gasteiger partial charge >= 0.3 is 0 Å². The van der Waals surface area contributed by atoms with Gasteiger partial charge in [0.1, 0.15) is 0 Å². The summed E-state index contributed by atoms with van der Waals surface area (Å²) >= 11 is 3.51. The number of allylic oxidation sites excluding steroid dienone is 1. The van der Waals surface area contributed by atoms with Crippen LogP contribution >= 0.6 is 15.9 Å². The summed E-state index contributed by atoms with van der Waals surface area (Å²) in [6.45, 7) is 6.94. The number of nitrogens with zero attached hydrogens (tertiary/aromatic N) is 1. The van der Waals surface area contributed by atoms with E-state index in [0.717, 1.165) is 41.5 Å². The molecule has 1 aromatic heterocycles. The molecule has 140 valence electrons. The van der Waals surface area contributed by atoms with E-state index in [2.05, 4.69) is 41.9 Å². The van der Waals surface area contributed by atoms with Gasteiger partial charge in [-0.3, -0.25) is 4.79 Å². The summed E-state index contributed by atoms with van der Waals surface area (Å²) in [5.41, 5.74) is 3.63. The SMILES string of the molecule is CCOC(CC)Cc1cccc(-c2cn(C)cc(C=C(Br)CC)c2=O)c1. The zero-order chi connectivity index (χ0) is 19.1. The number of rotatable bonds is 8. The second-order valence-electron chi connectivity index (χ2n) is 6.46. The predicted molar refractivity (Wildman–Crippen MR) is 114 cm³/mol. The number of hydrogen-bond acceptors (Lipinski definition) is 2. The van der Waals surface area contributed by atoms with Gasteiger partial charge in [0.05, 0.1) is 6.10 Å². The summed E-state index contributed by atoms with van der Waals surface area (Å²) in [4.78, 5) is 13.0. The van der Waals surface area contributed by atoms with Crippen LogP contribution in [0.4, 0.5) is 0 Å². The maximum absolute atomic E-state index is 13.0. The first kappa shape index (κ1) is 20.7. The van der Waals surface area contributed by atoms with Gasteiger partial charge in [0.15, 0.2) is 5.43 Å². The van der Waals surface area contributed by atoms with Gasteiger partial charge in [0, 0.05) is 37.2 Å². The number of aryl methyl sites for hydroxylation is 1. The van der Waals surface area contributed by atoms with Crippen LogP contribution in [0.1, 0.15) is 44.7 Å².